The van der Waals surface area contributed by atoms with E-state index in [1.54, 1.807) is 0 Å². The Morgan fingerprint density at radius 1 is 1.27 bits per heavy atom. The minimum Gasteiger partial charge on any atom is -0.399 e. The average Bonchev–Trinajstić information content (AvgIpc) is 1.95. The third kappa shape index (κ3) is 3.14. The lowest BCUT2D eigenvalue weighted by molar-refractivity contribution is 1.21. The van der Waals surface area contributed by atoms with Crippen LogP contribution in [0.2, 0.25) is 0 Å². The van der Waals surface area contributed by atoms with Gasteiger partial charge < -0.3 is 11.1 Å². The van der Waals surface area contributed by atoms with Gasteiger partial charge in [-0.3, -0.25) is 0 Å². The molecule has 3 heteroatoms. The molecule has 0 fully saturated rings. The van der Waals surface area contributed by atoms with Gasteiger partial charge in [-0.2, -0.15) is 0 Å². The van der Waals surface area contributed by atoms with Gasteiger partial charge in [-0.15, -0.1) is 12.4 Å². The molecular weight excluding hydrogens is 160 g/mol. The van der Waals surface area contributed by atoms with Crippen molar-refractivity contribution in [2.45, 2.75) is 6.92 Å². The lowest BCUT2D eigenvalue weighted by atomic mass is 10.3. The number of hydrogen-bond donors (Lipinski definition) is 2. The first-order chi connectivity index (χ1) is 4.83. The molecule has 11 heavy (non-hydrogen) atoms. The van der Waals surface area contributed by atoms with Crippen LogP contribution in [0.25, 0.3) is 0 Å². The van der Waals surface area contributed by atoms with Crippen LogP contribution in [0.3, 0.4) is 0 Å². The van der Waals surface area contributed by atoms with Gasteiger partial charge in [0.2, 0.25) is 0 Å². The Balaban J connectivity index is 0.000001000. The highest BCUT2D eigenvalue weighted by molar-refractivity contribution is 5.85. The molecule has 1 rings (SSSR count). The zero-order valence-corrected chi connectivity index (χ0v) is 7.32. The molecule has 0 saturated heterocycles. The molecule has 0 radical (unpaired) electrons. The Hall–Kier alpha value is -0.890. The number of rotatable bonds is 2. The number of hydrogen-bond acceptors (Lipinski definition) is 2. The van der Waals surface area contributed by atoms with Gasteiger partial charge >= 0.3 is 0 Å². The number of nitrogen functional groups attached to an aromatic ring is 1. The van der Waals surface area contributed by atoms with Crippen LogP contribution in [0.1, 0.15) is 6.92 Å². The Morgan fingerprint density at radius 2 is 1.82 bits per heavy atom. The Morgan fingerprint density at radius 3 is 2.27 bits per heavy atom. The van der Waals surface area contributed by atoms with Crippen LogP contribution in [0.5, 0.6) is 0 Å². The molecule has 62 valence electrons. The lowest BCUT2D eigenvalue weighted by Gasteiger charge is -2.01. The summed E-state index contributed by atoms with van der Waals surface area (Å²) in [5, 5.41) is 3.18. The van der Waals surface area contributed by atoms with Crippen molar-refractivity contribution < 1.29 is 0 Å². The van der Waals surface area contributed by atoms with Gasteiger partial charge in [0.15, 0.2) is 0 Å². The first-order valence-electron chi connectivity index (χ1n) is 3.42. The third-order valence-electron chi connectivity index (χ3n) is 1.29. The monoisotopic (exact) mass is 172 g/mol. The molecule has 0 amide bonds. The maximum Gasteiger partial charge on any atom is 0.0341 e. The second kappa shape index (κ2) is 4.85. The summed E-state index contributed by atoms with van der Waals surface area (Å²) in [6, 6.07) is 7.72. The molecule has 0 aliphatic carbocycles. The molecular formula is C8H13ClN2. The summed E-state index contributed by atoms with van der Waals surface area (Å²) in [6.07, 6.45) is 0. The van der Waals surface area contributed by atoms with E-state index in [1.165, 1.54) is 0 Å². The van der Waals surface area contributed by atoms with Crippen LogP contribution in [0.4, 0.5) is 11.4 Å². The zero-order valence-electron chi connectivity index (χ0n) is 6.50. The first kappa shape index (κ1) is 10.1. The minimum atomic E-state index is 0. The molecule has 1 aromatic rings. The molecule has 0 aliphatic rings. The maximum absolute atomic E-state index is 5.50. The zero-order chi connectivity index (χ0) is 7.40. The van der Waals surface area contributed by atoms with Crippen LogP contribution in [-0.2, 0) is 0 Å². The first-order valence-corrected chi connectivity index (χ1v) is 3.42. The topological polar surface area (TPSA) is 38.0 Å². The van der Waals surface area contributed by atoms with Gasteiger partial charge in [0.1, 0.15) is 0 Å². The summed E-state index contributed by atoms with van der Waals surface area (Å²) in [7, 11) is 0. The SMILES string of the molecule is CCNc1ccc(N)cc1.Cl. The Bertz CT molecular complexity index is 196. The highest BCUT2D eigenvalue weighted by Gasteiger charge is 1.86. The Labute approximate surface area is 73.2 Å². The normalized spacial score (nSPS) is 8.45. The molecule has 0 saturated carbocycles. The van der Waals surface area contributed by atoms with Crippen LogP contribution < -0.4 is 11.1 Å². The number of anilines is 2. The lowest BCUT2D eigenvalue weighted by Crippen LogP contribution is -1.95. The molecule has 0 aliphatic heterocycles. The highest BCUT2D eigenvalue weighted by atomic mass is 35.5. The van der Waals surface area contributed by atoms with Crippen molar-refractivity contribution in [1.29, 1.82) is 0 Å². The predicted molar refractivity (Wildman–Crippen MR) is 52.3 cm³/mol. The second-order valence-corrected chi connectivity index (χ2v) is 2.15. The number of nitrogens with one attached hydrogen (secondary N) is 1. The van der Waals surface area contributed by atoms with Crippen LogP contribution >= 0.6 is 12.4 Å². The second-order valence-electron chi connectivity index (χ2n) is 2.15. The fourth-order valence-electron chi connectivity index (χ4n) is 0.805. The van der Waals surface area contributed by atoms with E-state index in [1.807, 2.05) is 24.3 Å². The summed E-state index contributed by atoms with van der Waals surface area (Å²) < 4.78 is 0. The minimum absolute atomic E-state index is 0. The summed E-state index contributed by atoms with van der Waals surface area (Å²) in [6.45, 7) is 3.01. The van der Waals surface area contributed by atoms with E-state index in [-0.39, 0.29) is 12.4 Å². The number of halogens is 1. The van der Waals surface area contributed by atoms with E-state index in [4.69, 9.17) is 5.73 Å². The molecule has 0 heterocycles. The van der Waals surface area contributed by atoms with E-state index in [2.05, 4.69) is 12.2 Å². The largest absolute Gasteiger partial charge is 0.399 e. The van der Waals surface area contributed by atoms with Gasteiger partial charge in [0.05, 0.1) is 0 Å². The van der Waals surface area contributed by atoms with Gasteiger partial charge in [-0.05, 0) is 31.2 Å². The fraction of sp³-hybridized carbons (Fsp3) is 0.250. The van der Waals surface area contributed by atoms with Crippen molar-refractivity contribution in [3.63, 3.8) is 0 Å². The third-order valence-corrected chi connectivity index (χ3v) is 1.29. The van der Waals surface area contributed by atoms with Crippen molar-refractivity contribution in [3.8, 4) is 0 Å². The molecule has 3 N–H and O–H groups in total. The van der Waals surface area contributed by atoms with E-state index in [9.17, 15) is 0 Å². The molecule has 0 spiro atoms. The van der Waals surface area contributed by atoms with Crippen molar-refractivity contribution in [1.82, 2.24) is 0 Å². The molecule has 0 atom stereocenters. The standard InChI is InChI=1S/C8H12N2.ClH/c1-2-10-8-5-3-7(9)4-6-8;/h3-6,10H,2,9H2,1H3;1H. The van der Waals surface area contributed by atoms with Gasteiger partial charge in [-0.25, -0.2) is 0 Å². The average molecular weight is 173 g/mol. The molecule has 1 aromatic carbocycles. The number of benzene rings is 1. The summed E-state index contributed by atoms with van der Waals surface area (Å²) in [4.78, 5) is 0. The van der Waals surface area contributed by atoms with Gasteiger partial charge in [0, 0.05) is 17.9 Å². The van der Waals surface area contributed by atoms with Crippen LogP contribution in [-0.4, -0.2) is 6.54 Å². The predicted octanol–water partition coefficient (Wildman–Crippen LogP) is 2.12. The molecule has 0 aromatic heterocycles. The van der Waals surface area contributed by atoms with Crippen molar-refractivity contribution in [2.24, 2.45) is 0 Å². The van der Waals surface area contributed by atoms with Gasteiger partial charge in [-0.1, -0.05) is 0 Å². The quantitative estimate of drug-likeness (QED) is 0.671. The Kier molecular flexibility index (Phi) is 4.46. The van der Waals surface area contributed by atoms with E-state index < -0.39 is 0 Å². The highest BCUT2D eigenvalue weighted by Crippen LogP contribution is 2.09. The molecule has 2 nitrogen and oxygen atoms in total. The number of nitrogens with two attached hydrogens (primary N) is 1. The molecule has 0 unspecified atom stereocenters. The summed E-state index contributed by atoms with van der Waals surface area (Å²) in [5.74, 6) is 0. The van der Waals surface area contributed by atoms with E-state index in [0.29, 0.717) is 0 Å². The summed E-state index contributed by atoms with van der Waals surface area (Å²) in [5.41, 5.74) is 7.42. The summed E-state index contributed by atoms with van der Waals surface area (Å²) >= 11 is 0. The van der Waals surface area contributed by atoms with Crippen molar-refractivity contribution in [2.75, 3.05) is 17.6 Å². The van der Waals surface area contributed by atoms with Crippen LogP contribution in [0, 0.1) is 0 Å². The maximum atomic E-state index is 5.50. The van der Waals surface area contributed by atoms with E-state index >= 15 is 0 Å². The van der Waals surface area contributed by atoms with Gasteiger partial charge in [0.25, 0.3) is 0 Å². The van der Waals surface area contributed by atoms with Crippen LogP contribution in [0.15, 0.2) is 24.3 Å². The van der Waals surface area contributed by atoms with Crippen molar-refractivity contribution in [3.05, 3.63) is 24.3 Å². The smallest absolute Gasteiger partial charge is 0.0341 e. The van der Waals surface area contributed by atoms with E-state index in [0.717, 1.165) is 17.9 Å². The van der Waals surface area contributed by atoms with Crippen molar-refractivity contribution >= 4 is 23.8 Å². The molecule has 0 bridgehead atoms. The fourth-order valence-corrected chi connectivity index (χ4v) is 0.805.